The predicted octanol–water partition coefficient (Wildman–Crippen LogP) is 3.91. The Balaban J connectivity index is 2.11. The average molecular weight is 331 g/mol. The summed E-state index contributed by atoms with van der Waals surface area (Å²) in [5, 5.41) is 4.14. The zero-order valence-electron chi connectivity index (χ0n) is 11.4. The van der Waals surface area contributed by atoms with Crippen molar-refractivity contribution >= 4 is 27.5 Å². The lowest BCUT2D eigenvalue weighted by Gasteiger charge is -2.05. The molecule has 0 saturated heterocycles. The van der Waals surface area contributed by atoms with Crippen LogP contribution in [0.3, 0.4) is 0 Å². The molecule has 0 heterocycles. The van der Waals surface area contributed by atoms with Gasteiger partial charge < -0.3 is 0 Å². The molecule has 20 heavy (non-hydrogen) atoms. The van der Waals surface area contributed by atoms with Crippen LogP contribution in [0.1, 0.15) is 28.4 Å². The highest BCUT2D eigenvalue weighted by atomic mass is 79.9. The number of nitrogens with one attached hydrogen (secondary N) is 1. The van der Waals surface area contributed by atoms with E-state index < -0.39 is 0 Å². The lowest BCUT2D eigenvalue weighted by atomic mass is 10.1. The molecule has 0 aliphatic heterocycles. The third-order valence-corrected chi connectivity index (χ3v) is 3.59. The molecule has 4 heteroatoms. The summed E-state index contributed by atoms with van der Waals surface area (Å²) in [6.07, 6.45) is 0. The van der Waals surface area contributed by atoms with Gasteiger partial charge in [0, 0.05) is 15.6 Å². The zero-order valence-corrected chi connectivity index (χ0v) is 12.9. The number of amides is 1. The van der Waals surface area contributed by atoms with E-state index >= 15 is 0 Å². The first-order valence-electron chi connectivity index (χ1n) is 6.24. The summed E-state index contributed by atoms with van der Waals surface area (Å²) in [5.41, 5.74) is 5.99. The van der Waals surface area contributed by atoms with E-state index in [0.717, 1.165) is 21.3 Å². The molecule has 1 amide bonds. The zero-order chi connectivity index (χ0) is 14.5. The second kappa shape index (κ2) is 6.48. The Bertz CT molecular complexity index is 648. The van der Waals surface area contributed by atoms with Crippen molar-refractivity contribution in [3.63, 3.8) is 0 Å². The van der Waals surface area contributed by atoms with Gasteiger partial charge in [0.05, 0.1) is 5.71 Å². The summed E-state index contributed by atoms with van der Waals surface area (Å²) in [6.45, 7) is 3.84. The lowest BCUT2D eigenvalue weighted by Crippen LogP contribution is -2.19. The number of aryl methyl sites for hydroxylation is 1. The highest BCUT2D eigenvalue weighted by Gasteiger charge is 2.05. The molecule has 2 rings (SSSR count). The van der Waals surface area contributed by atoms with Crippen LogP contribution < -0.4 is 5.43 Å². The first kappa shape index (κ1) is 14.5. The highest BCUT2D eigenvalue weighted by Crippen LogP contribution is 2.16. The van der Waals surface area contributed by atoms with Crippen molar-refractivity contribution in [3.8, 4) is 0 Å². The van der Waals surface area contributed by atoms with Gasteiger partial charge in [0.15, 0.2) is 0 Å². The van der Waals surface area contributed by atoms with Crippen LogP contribution in [0, 0.1) is 6.92 Å². The second-order valence-electron chi connectivity index (χ2n) is 4.48. The SMILES string of the molecule is C/C(=N/NC(=O)c1ccc(C)cc1)c1ccccc1Br. The summed E-state index contributed by atoms with van der Waals surface area (Å²) in [4.78, 5) is 11.9. The fourth-order valence-electron chi connectivity index (χ4n) is 1.72. The predicted molar refractivity (Wildman–Crippen MR) is 85.0 cm³/mol. The Kier molecular flexibility index (Phi) is 4.69. The fourth-order valence-corrected chi connectivity index (χ4v) is 2.29. The maximum Gasteiger partial charge on any atom is 0.271 e. The maximum absolute atomic E-state index is 11.9. The van der Waals surface area contributed by atoms with E-state index in [4.69, 9.17) is 0 Å². The summed E-state index contributed by atoms with van der Waals surface area (Å²) < 4.78 is 0.950. The molecule has 0 aromatic heterocycles. The minimum Gasteiger partial charge on any atom is -0.267 e. The van der Waals surface area contributed by atoms with E-state index in [0.29, 0.717) is 5.56 Å². The highest BCUT2D eigenvalue weighted by molar-refractivity contribution is 9.10. The Labute approximate surface area is 126 Å². The van der Waals surface area contributed by atoms with E-state index in [2.05, 4.69) is 26.5 Å². The molecule has 0 radical (unpaired) electrons. The first-order chi connectivity index (χ1) is 9.58. The topological polar surface area (TPSA) is 41.5 Å². The Morgan fingerprint density at radius 3 is 2.40 bits per heavy atom. The van der Waals surface area contributed by atoms with Gasteiger partial charge in [0.2, 0.25) is 0 Å². The molecular weight excluding hydrogens is 316 g/mol. The number of carbonyl (C=O) groups is 1. The number of hydrogen-bond acceptors (Lipinski definition) is 2. The molecule has 0 atom stereocenters. The van der Waals surface area contributed by atoms with Gasteiger partial charge in [0.25, 0.3) is 5.91 Å². The van der Waals surface area contributed by atoms with E-state index in [9.17, 15) is 4.79 Å². The quantitative estimate of drug-likeness (QED) is 0.672. The largest absolute Gasteiger partial charge is 0.271 e. The van der Waals surface area contributed by atoms with Gasteiger partial charge in [-0.15, -0.1) is 0 Å². The van der Waals surface area contributed by atoms with Gasteiger partial charge >= 0.3 is 0 Å². The standard InChI is InChI=1S/C16H15BrN2O/c1-11-7-9-13(10-8-11)16(20)19-18-12(2)14-5-3-4-6-15(14)17/h3-10H,1-2H3,(H,19,20)/b18-12-. The number of benzene rings is 2. The van der Waals surface area contributed by atoms with Crippen molar-refractivity contribution in [1.29, 1.82) is 0 Å². The van der Waals surface area contributed by atoms with Gasteiger partial charge in [-0.25, -0.2) is 5.43 Å². The molecule has 2 aromatic rings. The van der Waals surface area contributed by atoms with Crippen LogP contribution in [0.2, 0.25) is 0 Å². The van der Waals surface area contributed by atoms with E-state index in [1.165, 1.54) is 0 Å². The van der Waals surface area contributed by atoms with Crippen LogP contribution in [0.15, 0.2) is 58.1 Å². The Morgan fingerprint density at radius 1 is 1.10 bits per heavy atom. The third-order valence-electron chi connectivity index (χ3n) is 2.90. The van der Waals surface area contributed by atoms with Crippen LogP contribution in [0.5, 0.6) is 0 Å². The van der Waals surface area contributed by atoms with Crippen molar-refractivity contribution in [2.45, 2.75) is 13.8 Å². The van der Waals surface area contributed by atoms with Crippen LogP contribution in [-0.4, -0.2) is 11.6 Å². The van der Waals surface area contributed by atoms with Crippen LogP contribution >= 0.6 is 15.9 Å². The molecule has 0 spiro atoms. The molecule has 3 nitrogen and oxygen atoms in total. The van der Waals surface area contributed by atoms with E-state index in [1.807, 2.05) is 50.2 Å². The minimum absolute atomic E-state index is 0.212. The second-order valence-corrected chi connectivity index (χ2v) is 5.34. The first-order valence-corrected chi connectivity index (χ1v) is 7.03. The summed E-state index contributed by atoms with van der Waals surface area (Å²) in [7, 11) is 0. The van der Waals surface area contributed by atoms with Crippen molar-refractivity contribution in [2.75, 3.05) is 0 Å². The summed E-state index contributed by atoms with van der Waals surface area (Å²) >= 11 is 3.46. The monoisotopic (exact) mass is 330 g/mol. The number of nitrogens with zero attached hydrogens (tertiary/aromatic N) is 1. The maximum atomic E-state index is 11.9. The molecule has 2 aromatic carbocycles. The summed E-state index contributed by atoms with van der Waals surface area (Å²) in [5.74, 6) is -0.212. The van der Waals surface area contributed by atoms with E-state index in [-0.39, 0.29) is 5.91 Å². The average Bonchev–Trinajstić information content (AvgIpc) is 2.45. The summed E-state index contributed by atoms with van der Waals surface area (Å²) in [6, 6.07) is 15.1. The number of hydrogen-bond donors (Lipinski definition) is 1. The van der Waals surface area contributed by atoms with Gasteiger partial charge in [-0.3, -0.25) is 4.79 Å². The van der Waals surface area contributed by atoms with Crippen LogP contribution in [0.25, 0.3) is 0 Å². The van der Waals surface area contributed by atoms with Gasteiger partial charge in [-0.2, -0.15) is 5.10 Å². The van der Waals surface area contributed by atoms with E-state index in [1.54, 1.807) is 12.1 Å². The molecule has 0 fully saturated rings. The molecule has 102 valence electrons. The normalized spacial score (nSPS) is 11.2. The molecule has 1 N–H and O–H groups in total. The van der Waals surface area contributed by atoms with Crippen molar-refractivity contribution in [1.82, 2.24) is 5.43 Å². The van der Waals surface area contributed by atoms with Crippen LogP contribution in [-0.2, 0) is 0 Å². The Morgan fingerprint density at radius 2 is 1.75 bits per heavy atom. The van der Waals surface area contributed by atoms with Gasteiger partial charge in [-0.05, 0) is 32.0 Å². The molecular formula is C16H15BrN2O. The molecule has 0 aliphatic carbocycles. The lowest BCUT2D eigenvalue weighted by molar-refractivity contribution is 0.0955. The van der Waals surface area contributed by atoms with Crippen molar-refractivity contribution in [3.05, 3.63) is 69.7 Å². The number of hydrazone groups is 1. The minimum atomic E-state index is -0.212. The van der Waals surface area contributed by atoms with Gasteiger partial charge in [0.1, 0.15) is 0 Å². The van der Waals surface area contributed by atoms with Gasteiger partial charge in [-0.1, -0.05) is 51.8 Å². The molecule has 0 unspecified atom stereocenters. The third kappa shape index (κ3) is 3.54. The Hall–Kier alpha value is -1.94. The molecule has 0 bridgehead atoms. The smallest absolute Gasteiger partial charge is 0.267 e. The molecule has 0 saturated carbocycles. The number of carbonyl (C=O) groups excluding carboxylic acids is 1. The van der Waals surface area contributed by atoms with Crippen LogP contribution in [0.4, 0.5) is 0 Å². The fraction of sp³-hybridized carbons (Fsp3) is 0.125. The van der Waals surface area contributed by atoms with Crippen molar-refractivity contribution < 1.29 is 4.79 Å². The molecule has 0 aliphatic rings. The number of rotatable bonds is 3. The van der Waals surface area contributed by atoms with Crippen molar-refractivity contribution in [2.24, 2.45) is 5.10 Å². The number of halogens is 1.